The fourth-order valence-corrected chi connectivity index (χ4v) is 2.84. The fraction of sp³-hybridized carbons (Fsp3) is 0.600. The van der Waals surface area contributed by atoms with Crippen LogP contribution in [0.3, 0.4) is 0 Å². The molecule has 2 aromatic heterocycles. The zero-order chi connectivity index (χ0) is 18.2. The number of nitrogens with zero attached hydrogens (tertiary/aromatic N) is 4. The number of hydrogen-bond acceptors (Lipinski definition) is 5. The van der Waals surface area contributed by atoms with Crippen LogP contribution in [0.1, 0.15) is 35.6 Å². The Hall–Kier alpha value is -2.23. The van der Waals surface area contributed by atoms with Crippen LogP contribution in [0.2, 0.25) is 0 Å². The summed E-state index contributed by atoms with van der Waals surface area (Å²) in [5.74, 6) is -1.62. The highest BCUT2D eigenvalue weighted by Gasteiger charge is 2.37. The summed E-state index contributed by atoms with van der Waals surface area (Å²) >= 11 is 0. The van der Waals surface area contributed by atoms with Gasteiger partial charge in [0.25, 0.3) is 11.6 Å². The number of halogens is 3. The molecular weight excluding hydrogens is 339 g/mol. The Morgan fingerprint density at radius 1 is 1.36 bits per heavy atom. The molecule has 0 saturated carbocycles. The third-order valence-corrected chi connectivity index (χ3v) is 4.19. The lowest BCUT2D eigenvalue weighted by molar-refractivity contribution is -0.144. The maximum atomic E-state index is 12.8. The van der Waals surface area contributed by atoms with Gasteiger partial charge in [0, 0.05) is 30.1 Å². The van der Waals surface area contributed by atoms with Crippen LogP contribution >= 0.6 is 0 Å². The highest BCUT2D eigenvalue weighted by atomic mass is 19.4. The molecule has 0 unspecified atom stereocenters. The average Bonchev–Trinajstić information content (AvgIpc) is 3.18. The maximum absolute atomic E-state index is 12.8. The van der Waals surface area contributed by atoms with E-state index in [0.29, 0.717) is 30.1 Å². The average molecular weight is 357 g/mol. The fourth-order valence-electron chi connectivity index (χ4n) is 2.84. The first-order valence-electron chi connectivity index (χ1n) is 7.94. The normalized spacial score (nSPS) is 18.0. The Morgan fingerprint density at radius 2 is 2.12 bits per heavy atom. The maximum Gasteiger partial charge on any atom is 0.453 e. The van der Waals surface area contributed by atoms with Crippen molar-refractivity contribution in [3.63, 3.8) is 0 Å². The van der Waals surface area contributed by atoms with E-state index in [0.717, 1.165) is 17.4 Å². The molecule has 1 saturated heterocycles. The van der Waals surface area contributed by atoms with Gasteiger partial charge in [-0.15, -0.1) is 5.10 Å². The Morgan fingerprint density at radius 3 is 2.76 bits per heavy atom. The number of ether oxygens (including phenoxy) is 1. The topological polar surface area (TPSA) is 81.4 Å². The molecule has 0 spiro atoms. The number of nitrogens with one attached hydrogen (secondary N) is 1. The van der Waals surface area contributed by atoms with E-state index < -0.39 is 12.0 Å². The summed E-state index contributed by atoms with van der Waals surface area (Å²) < 4.78 is 44.8. The van der Waals surface area contributed by atoms with E-state index in [2.05, 4.69) is 20.4 Å². The van der Waals surface area contributed by atoms with Crippen LogP contribution in [0, 0.1) is 13.8 Å². The smallest absolute Gasteiger partial charge is 0.376 e. The molecule has 1 atom stereocenters. The molecule has 25 heavy (non-hydrogen) atoms. The summed E-state index contributed by atoms with van der Waals surface area (Å²) in [6.45, 7) is 4.36. The van der Waals surface area contributed by atoms with Crippen molar-refractivity contribution in [2.45, 2.75) is 45.4 Å². The van der Waals surface area contributed by atoms with E-state index in [-0.39, 0.29) is 24.2 Å². The van der Waals surface area contributed by atoms with Crippen LogP contribution in [0.25, 0.3) is 5.78 Å². The molecule has 1 aliphatic rings. The van der Waals surface area contributed by atoms with Crippen molar-refractivity contribution in [3.05, 3.63) is 22.8 Å². The van der Waals surface area contributed by atoms with Gasteiger partial charge >= 0.3 is 6.18 Å². The zero-order valence-electron chi connectivity index (χ0n) is 13.9. The van der Waals surface area contributed by atoms with Gasteiger partial charge in [0.1, 0.15) is 0 Å². The zero-order valence-corrected chi connectivity index (χ0v) is 13.9. The van der Waals surface area contributed by atoms with Gasteiger partial charge in [0.15, 0.2) is 0 Å². The van der Waals surface area contributed by atoms with E-state index in [9.17, 15) is 18.0 Å². The van der Waals surface area contributed by atoms with Crippen LogP contribution in [0.5, 0.6) is 0 Å². The largest absolute Gasteiger partial charge is 0.453 e. The number of aryl methyl sites for hydroxylation is 2. The minimum atomic E-state index is -4.65. The molecule has 0 aromatic carbocycles. The van der Waals surface area contributed by atoms with Gasteiger partial charge in [-0.2, -0.15) is 18.2 Å². The van der Waals surface area contributed by atoms with Gasteiger partial charge in [-0.1, -0.05) is 0 Å². The minimum Gasteiger partial charge on any atom is -0.376 e. The first kappa shape index (κ1) is 17.6. The predicted octanol–water partition coefficient (Wildman–Crippen LogP) is 1.60. The summed E-state index contributed by atoms with van der Waals surface area (Å²) in [6, 6.07) is 0. The molecule has 10 heteroatoms. The molecule has 7 nitrogen and oxygen atoms in total. The van der Waals surface area contributed by atoms with E-state index in [1.165, 1.54) is 0 Å². The molecule has 1 N–H and O–H groups in total. The van der Waals surface area contributed by atoms with Gasteiger partial charge < -0.3 is 10.1 Å². The van der Waals surface area contributed by atoms with E-state index in [1.807, 2.05) is 0 Å². The monoisotopic (exact) mass is 357 g/mol. The second kappa shape index (κ2) is 6.58. The lowest BCUT2D eigenvalue weighted by Gasteiger charge is -2.13. The number of alkyl halides is 3. The van der Waals surface area contributed by atoms with Crippen LogP contribution in [-0.4, -0.2) is 44.7 Å². The summed E-state index contributed by atoms with van der Waals surface area (Å²) in [5.41, 5.74) is 1.41. The number of aromatic nitrogens is 4. The van der Waals surface area contributed by atoms with E-state index in [4.69, 9.17) is 4.74 Å². The molecular formula is C15H18F3N5O2. The summed E-state index contributed by atoms with van der Waals surface area (Å²) in [7, 11) is 0. The van der Waals surface area contributed by atoms with Crippen molar-refractivity contribution in [3.8, 4) is 0 Å². The first-order valence-corrected chi connectivity index (χ1v) is 7.94. The van der Waals surface area contributed by atoms with E-state index in [1.54, 1.807) is 13.8 Å². The van der Waals surface area contributed by atoms with Crippen LogP contribution in [0.4, 0.5) is 13.2 Å². The quantitative estimate of drug-likeness (QED) is 0.899. The molecule has 1 amide bonds. The summed E-state index contributed by atoms with van der Waals surface area (Å²) in [4.78, 5) is 19.6. The molecule has 3 heterocycles. The van der Waals surface area contributed by atoms with Gasteiger partial charge in [-0.3, -0.25) is 4.79 Å². The minimum absolute atomic E-state index is 0.00847. The van der Waals surface area contributed by atoms with Crippen molar-refractivity contribution < 1.29 is 22.7 Å². The highest BCUT2D eigenvalue weighted by molar-refractivity contribution is 5.79. The Kier molecular flexibility index (Phi) is 4.63. The van der Waals surface area contributed by atoms with Crippen molar-refractivity contribution in [2.75, 3.05) is 13.2 Å². The van der Waals surface area contributed by atoms with Crippen molar-refractivity contribution in [2.24, 2.45) is 0 Å². The van der Waals surface area contributed by atoms with Crippen molar-refractivity contribution in [1.82, 2.24) is 24.9 Å². The van der Waals surface area contributed by atoms with Gasteiger partial charge in [-0.25, -0.2) is 9.50 Å². The standard InChI is InChI=1S/C15H18F3N5O2/c1-8-11(6-12(24)19-7-10-4-3-5-25-10)9(2)23-14(20-8)21-13(22-23)15(16,17)18/h10H,3-7H2,1-2H3,(H,19,24)/t10-/m0/s1. The number of rotatable bonds is 4. The number of fused-ring (bicyclic) bond motifs is 1. The third-order valence-electron chi connectivity index (χ3n) is 4.19. The van der Waals surface area contributed by atoms with Crippen molar-refractivity contribution >= 4 is 11.7 Å². The number of amides is 1. The first-order chi connectivity index (χ1) is 11.8. The molecule has 0 radical (unpaired) electrons. The lowest BCUT2D eigenvalue weighted by Crippen LogP contribution is -2.33. The molecule has 2 aromatic rings. The molecule has 3 rings (SSSR count). The highest BCUT2D eigenvalue weighted by Crippen LogP contribution is 2.27. The molecule has 0 aliphatic carbocycles. The van der Waals surface area contributed by atoms with Gasteiger partial charge in [-0.05, 0) is 26.7 Å². The van der Waals surface area contributed by atoms with Crippen molar-refractivity contribution in [1.29, 1.82) is 0 Å². The van der Waals surface area contributed by atoms with E-state index >= 15 is 0 Å². The summed E-state index contributed by atoms with van der Waals surface area (Å²) in [6.07, 6.45) is -2.73. The number of hydrogen-bond donors (Lipinski definition) is 1. The Balaban J connectivity index is 1.79. The second-order valence-corrected chi connectivity index (χ2v) is 6.02. The third kappa shape index (κ3) is 3.73. The van der Waals surface area contributed by atoms with Crippen LogP contribution < -0.4 is 5.32 Å². The lowest BCUT2D eigenvalue weighted by atomic mass is 10.1. The predicted molar refractivity (Wildman–Crippen MR) is 80.9 cm³/mol. The number of carbonyl (C=O) groups is 1. The summed E-state index contributed by atoms with van der Waals surface area (Å²) in [5, 5.41) is 6.26. The van der Waals surface area contributed by atoms with Gasteiger partial charge in [0.2, 0.25) is 5.91 Å². The van der Waals surface area contributed by atoms with Crippen LogP contribution in [0.15, 0.2) is 0 Å². The molecule has 0 bridgehead atoms. The SMILES string of the molecule is Cc1nc2nc(C(F)(F)F)nn2c(C)c1CC(=O)NC[C@@H]1CCCO1. The van der Waals surface area contributed by atoms with Gasteiger partial charge in [0.05, 0.1) is 12.5 Å². The van der Waals surface area contributed by atoms with Crippen LogP contribution in [-0.2, 0) is 22.1 Å². The Bertz CT molecular complexity index is 797. The number of carbonyl (C=O) groups excluding carboxylic acids is 1. The Labute approximate surface area is 141 Å². The molecule has 136 valence electrons. The second-order valence-electron chi connectivity index (χ2n) is 6.02. The molecule has 1 fully saturated rings. The molecule has 1 aliphatic heterocycles.